The van der Waals surface area contributed by atoms with Crippen molar-refractivity contribution in [3.05, 3.63) is 77.1 Å². The fourth-order valence-electron chi connectivity index (χ4n) is 2.62. The second-order valence-electron chi connectivity index (χ2n) is 5.69. The second kappa shape index (κ2) is 6.60. The maximum absolute atomic E-state index is 12.5. The molecule has 6 nitrogen and oxygen atoms in total. The molecular weight excluding hydrogens is 316 g/mol. The summed E-state index contributed by atoms with van der Waals surface area (Å²) in [5, 5.41) is 7.40. The number of amides is 2. The number of primary amides is 1. The van der Waals surface area contributed by atoms with Crippen molar-refractivity contribution >= 4 is 17.5 Å². The Morgan fingerprint density at radius 2 is 1.56 bits per heavy atom. The minimum Gasteiger partial charge on any atom is -0.366 e. The summed E-state index contributed by atoms with van der Waals surface area (Å²) in [7, 11) is 0. The lowest BCUT2D eigenvalue weighted by molar-refractivity contribution is 0.0995. The molecule has 6 heteroatoms. The van der Waals surface area contributed by atoms with Crippen LogP contribution in [0.1, 0.15) is 32.1 Å². The lowest BCUT2D eigenvalue weighted by Crippen LogP contribution is -2.15. The highest BCUT2D eigenvalue weighted by molar-refractivity contribution is 6.05. The van der Waals surface area contributed by atoms with Crippen LogP contribution in [0.4, 0.5) is 5.69 Å². The van der Waals surface area contributed by atoms with Gasteiger partial charge in [0.05, 0.1) is 22.8 Å². The van der Waals surface area contributed by atoms with Crippen molar-refractivity contribution in [1.82, 2.24) is 9.78 Å². The fraction of sp³-hybridized carbons (Fsp3) is 0.105. The Kier molecular flexibility index (Phi) is 4.35. The first-order valence-electron chi connectivity index (χ1n) is 7.80. The summed E-state index contributed by atoms with van der Waals surface area (Å²) in [6.45, 7) is 3.75. The van der Waals surface area contributed by atoms with Crippen molar-refractivity contribution in [2.24, 2.45) is 5.73 Å². The van der Waals surface area contributed by atoms with Crippen LogP contribution in [0.3, 0.4) is 0 Å². The highest BCUT2D eigenvalue weighted by atomic mass is 16.2. The van der Waals surface area contributed by atoms with Gasteiger partial charge < -0.3 is 11.1 Å². The average Bonchev–Trinajstić information content (AvgIpc) is 2.90. The van der Waals surface area contributed by atoms with E-state index in [0.717, 1.165) is 17.1 Å². The molecule has 3 aromatic rings. The zero-order valence-electron chi connectivity index (χ0n) is 14.0. The highest BCUT2D eigenvalue weighted by Crippen LogP contribution is 2.23. The number of nitrogens with two attached hydrogens (primary N) is 1. The molecule has 25 heavy (non-hydrogen) atoms. The van der Waals surface area contributed by atoms with Gasteiger partial charge in [0.2, 0.25) is 5.91 Å². The van der Waals surface area contributed by atoms with Gasteiger partial charge in [-0.15, -0.1) is 0 Å². The van der Waals surface area contributed by atoms with Gasteiger partial charge in [0.15, 0.2) is 0 Å². The molecule has 0 aliphatic heterocycles. The number of carbonyl (C=O) groups is 2. The maximum atomic E-state index is 12.5. The summed E-state index contributed by atoms with van der Waals surface area (Å²) >= 11 is 0. The Bertz CT molecular complexity index is 928. The summed E-state index contributed by atoms with van der Waals surface area (Å²) in [5.74, 6) is -0.794. The summed E-state index contributed by atoms with van der Waals surface area (Å²) in [6, 6.07) is 15.9. The van der Waals surface area contributed by atoms with Gasteiger partial charge in [-0.05, 0) is 50.2 Å². The molecular formula is C19H18N4O2. The molecule has 1 aromatic heterocycles. The molecule has 2 aromatic carbocycles. The molecule has 126 valence electrons. The van der Waals surface area contributed by atoms with E-state index in [1.165, 1.54) is 12.1 Å². The van der Waals surface area contributed by atoms with Crippen LogP contribution in [0.2, 0.25) is 0 Å². The zero-order valence-corrected chi connectivity index (χ0v) is 14.0. The fourth-order valence-corrected chi connectivity index (χ4v) is 2.62. The lowest BCUT2D eigenvalue weighted by atomic mass is 10.1. The number of nitrogens with one attached hydrogen (secondary N) is 1. The van der Waals surface area contributed by atoms with E-state index in [4.69, 9.17) is 5.73 Å². The molecule has 2 amide bonds. The minimum absolute atomic E-state index is 0.269. The van der Waals surface area contributed by atoms with Crippen LogP contribution in [0, 0.1) is 13.8 Å². The average molecular weight is 334 g/mol. The number of carbonyl (C=O) groups excluding carboxylic acids is 2. The molecule has 3 N–H and O–H groups in total. The monoisotopic (exact) mass is 334 g/mol. The van der Waals surface area contributed by atoms with Gasteiger partial charge in [-0.25, -0.2) is 4.68 Å². The highest BCUT2D eigenvalue weighted by Gasteiger charge is 2.16. The minimum atomic E-state index is -0.525. The first-order chi connectivity index (χ1) is 12.0. The topological polar surface area (TPSA) is 90.0 Å². The maximum Gasteiger partial charge on any atom is 0.255 e. The van der Waals surface area contributed by atoms with Gasteiger partial charge in [-0.2, -0.15) is 5.10 Å². The molecule has 0 atom stereocenters. The Balaban J connectivity index is 1.87. The number of hydrogen-bond acceptors (Lipinski definition) is 3. The normalized spacial score (nSPS) is 10.5. The van der Waals surface area contributed by atoms with Gasteiger partial charge in [0, 0.05) is 11.1 Å². The van der Waals surface area contributed by atoms with Gasteiger partial charge in [-0.1, -0.05) is 18.2 Å². The Hall–Kier alpha value is -3.41. The van der Waals surface area contributed by atoms with Crippen molar-refractivity contribution in [3.63, 3.8) is 0 Å². The molecule has 0 bridgehead atoms. The Morgan fingerprint density at radius 3 is 2.16 bits per heavy atom. The van der Waals surface area contributed by atoms with Crippen LogP contribution >= 0.6 is 0 Å². The summed E-state index contributed by atoms with van der Waals surface area (Å²) < 4.78 is 1.79. The third kappa shape index (κ3) is 3.28. The van der Waals surface area contributed by atoms with Crippen LogP contribution in [0.25, 0.3) is 5.69 Å². The van der Waals surface area contributed by atoms with Crippen LogP contribution in [-0.4, -0.2) is 21.6 Å². The van der Waals surface area contributed by atoms with E-state index in [1.807, 2.05) is 44.2 Å². The van der Waals surface area contributed by atoms with E-state index < -0.39 is 5.91 Å². The van der Waals surface area contributed by atoms with E-state index in [-0.39, 0.29) is 5.91 Å². The second-order valence-corrected chi connectivity index (χ2v) is 5.69. The van der Waals surface area contributed by atoms with Crippen LogP contribution in [0.15, 0.2) is 54.6 Å². The van der Waals surface area contributed by atoms with Crippen LogP contribution in [-0.2, 0) is 0 Å². The van der Waals surface area contributed by atoms with Crippen LogP contribution < -0.4 is 11.1 Å². The van der Waals surface area contributed by atoms with Crippen molar-refractivity contribution in [1.29, 1.82) is 0 Å². The van der Waals surface area contributed by atoms with Crippen molar-refractivity contribution in [3.8, 4) is 5.69 Å². The quantitative estimate of drug-likeness (QED) is 0.769. The molecule has 0 unspecified atom stereocenters. The van der Waals surface area contributed by atoms with E-state index in [9.17, 15) is 9.59 Å². The molecule has 0 fully saturated rings. The number of hydrogen-bond donors (Lipinski definition) is 2. The predicted molar refractivity (Wildman–Crippen MR) is 96.0 cm³/mol. The van der Waals surface area contributed by atoms with Crippen molar-refractivity contribution in [2.75, 3.05) is 5.32 Å². The van der Waals surface area contributed by atoms with E-state index in [2.05, 4.69) is 10.4 Å². The number of para-hydroxylation sites is 1. The van der Waals surface area contributed by atoms with E-state index in [1.54, 1.807) is 16.8 Å². The zero-order chi connectivity index (χ0) is 18.0. The van der Waals surface area contributed by atoms with Gasteiger partial charge in [-0.3, -0.25) is 9.59 Å². The molecule has 0 spiro atoms. The standard InChI is InChI=1S/C19H18N4O2/c1-12-17(13(2)23(22-12)16-6-4-3-5-7-16)21-19(25)15-10-8-14(9-11-15)18(20)24/h3-11H,1-2H3,(H2,20,24)(H,21,25). The first-order valence-corrected chi connectivity index (χ1v) is 7.80. The number of anilines is 1. The lowest BCUT2D eigenvalue weighted by Gasteiger charge is -2.07. The predicted octanol–water partition coefficient (Wildman–Crippen LogP) is 2.84. The Labute approximate surface area is 145 Å². The van der Waals surface area contributed by atoms with E-state index in [0.29, 0.717) is 16.8 Å². The number of rotatable bonds is 4. The molecule has 3 rings (SSSR count). The molecule has 1 heterocycles. The van der Waals surface area contributed by atoms with Gasteiger partial charge in [0.25, 0.3) is 5.91 Å². The summed E-state index contributed by atoms with van der Waals surface area (Å²) in [5.41, 5.74) is 9.18. The van der Waals surface area contributed by atoms with E-state index >= 15 is 0 Å². The number of benzene rings is 2. The Morgan fingerprint density at radius 1 is 0.960 bits per heavy atom. The van der Waals surface area contributed by atoms with Gasteiger partial charge in [0.1, 0.15) is 0 Å². The molecule has 0 radical (unpaired) electrons. The van der Waals surface area contributed by atoms with Crippen LogP contribution in [0.5, 0.6) is 0 Å². The summed E-state index contributed by atoms with van der Waals surface area (Å²) in [4.78, 5) is 23.6. The smallest absolute Gasteiger partial charge is 0.255 e. The molecule has 0 aliphatic rings. The first kappa shape index (κ1) is 16.4. The number of aryl methyl sites for hydroxylation is 1. The van der Waals surface area contributed by atoms with Crippen molar-refractivity contribution < 1.29 is 9.59 Å². The number of nitrogens with zero attached hydrogens (tertiary/aromatic N) is 2. The summed E-state index contributed by atoms with van der Waals surface area (Å²) in [6.07, 6.45) is 0. The molecule has 0 saturated heterocycles. The van der Waals surface area contributed by atoms with Crippen molar-refractivity contribution in [2.45, 2.75) is 13.8 Å². The third-order valence-electron chi connectivity index (χ3n) is 3.96. The van der Waals surface area contributed by atoms with Gasteiger partial charge >= 0.3 is 0 Å². The number of aromatic nitrogens is 2. The molecule has 0 saturated carbocycles. The SMILES string of the molecule is Cc1nn(-c2ccccc2)c(C)c1NC(=O)c1ccc(C(N)=O)cc1. The largest absolute Gasteiger partial charge is 0.366 e. The third-order valence-corrected chi connectivity index (χ3v) is 3.96. The molecule has 0 aliphatic carbocycles.